The fourth-order valence-corrected chi connectivity index (χ4v) is 4.37. The molecule has 1 atom stereocenters. The minimum absolute atomic E-state index is 0.107. The SMILES string of the molecule is Cc1cc(S(=O)(=O)NCCN2CCCC(CO)C2)c(Cl)cc1F. The van der Waals surface area contributed by atoms with Crippen molar-refractivity contribution in [2.45, 2.75) is 24.7 Å². The molecule has 0 aliphatic carbocycles. The number of hydrogen-bond acceptors (Lipinski definition) is 4. The summed E-state index contributed by atoms with van der Waals surface area (Å²) in [5, 5.41) is 9.08. The molecule has 8 heteroatoms. The number of halogens is 2. The van der Waals surface area contributed by atoms with Crippen molar-refractivity contribution in [3.8, 4) is 0 Å². The van der Waals surface area contributed by atoms with Gasteiger partial charge in [-0.1, -0.05) is 11.6 Å². The molecule has 0 saturated carbocycles. The van der Waals surface area contributed by atoms with Crippen LogP contribution in [0.1, 0.15) is 18.4 Å². The van der Waals surface area contributed by atoms with E-state index in [4.69, 9.17) is 11.6 Å². The molecule has 1 aliphatic heterocycles. The Bertz CT molecular complexity index is 654. The van der Waals surface area contributed by atoms with Gasteiger partial charge in [0.15, 0.2) is 0 Å². The van der Waals surface area contributed by atoms with Gasteiger partial charge in [0.1, 0.15) is 10.7 Å². The molecule has 1 aromatic carbocycles. The van der Waals surface area contributed by atoms with Gasteiger partial charge in [0.05, 0.1) is 5.02 Å². The average molecular weight is 365 g/mol. The first-order valence-corrected chi connectivity index (χ1v) is 9.48. The lowest BCUT2D eigenvalue weighted by atomic mass is 9.99. The lowest BCUT2D eigenvalue weighted by molar-refractivity contribution is 0.122. The zero-order valence-electron chi connectivity index (χ0n) is 13.1. The van der Waals surface area contributed by atoms with Crippen molar-refractivity contribution < 1.29 is 17.9 Å². The van der Waals surface area contributed by atoms with E-state index < -0.39 is 15.8 Å². The summed E-state index contributed by atoms with van der Waals surface area (Å²) in [6.45, 7) is 4.13. The second-order valence-electron chi connectivity index (χ2n) is 5.92. The maximum absolute atomic E-state index is 13.4. The Morgan fingerprint density at radius 1 is 1.48 bits per heavy atom. The number of aliphatic hydroxyl groups excluding tert-OH is 1. The second kappa shape index (κ2) is 7.90. The third-order valence-electron chi connectivity index (χ3n) is 4.08. The number of sulfonamides is 1. The highest BCUT2D eigenvalue weighted by molar-refractivity contribution is 7.89. The minimum atomic E-state index is -3.77. The fourth-order valence-electron chi connectivity index (χ4n) is 2.76. The molecule has 1 heterocycles. The molecule has 5 nitrogen and oxygen atoms in total. The third kappa shape index (κ3) is 4.87. The molecule has 1 aromatic rings. The molecule has 2 N–H and O–H groups in total. The monoisotopic (exact) mass is 364 g/mol. The van der Waals surface area contributed by atoms with Crippen molar-refractivity contribution in [3.05, 3.63) is 28.5 Å². The van der Waals surface area contributed by atoms with Crippen molar-refractivity contribution in [3.63, 3.8) is 0 Å². The second-order valence-corrected chi connectivity index (χ2v) is 8.06. The van der Waals surface area contributed by atoms with E-state index in [1.807, 2.05) is 0 Å². The number of nitrogens with one attached hydrogen (secondary N) is 1. The van der Waals surface area contributed by atoms with Gasteiger partial charge in [-0.05, 0) is 49.9 Å². The smallest absolute Gasteiger partial charge is 0.242 e. The van der Waals surface area contributed by atoms with Gasteiger partial charge in [-0.15, -0.1) is 0 Å². The Labute approximate surface area is 141 Å². The molecule has 0 aromatic heterocycles. The number of aryl methyl sites for hydroxylation is 1. The van der Waals surface area contributed by atoms with Gasteiger partial charge in [0, 0.05) is 26.2 Å². The first-order valence-electron chi connectivity index (χ1n) is 7.62. The van der Waals surface area contributed by atoms with Crippen LogP contribution < -0.4 is 4.72 Å². The summed E-state index contributed by atoms with van der Waals surface area (Å²) in [5.74, 6) is -0.271. The van der Waals surface area contributed by atoms with Crippen molar-refractivity contribution in [2.75, 3.05) is 32.8 Å². The summed E-state index contributed by atoms with van der Waals surface area (Å²) < 4.78 is 40.5. The van der Waals surface area contributed by atoms with Crippen LogP contribution in [0.2, 0.25) is 5.02 Å². The molecular formula is C15H22ClFN2O3S. The molecule has 1 fully saturated rings. The van der Waals surface area contributed by atoms with Gasteiger partial charge in [-0.3, -0.25) is 0 Å². The summed E-state index contributed by atoms with van der Waals surface area (Å²) in [5.41, 5.74) is 0.233. The number of aliphatic hydroxyl groups is 1. The zero-order valence-corrected chi connectivity index (χ0v) is 14.6. The van der Waals surface area contributed by atoms with E-state index in [1.54, 1.807) is 0 Å². The molecule has 1 unspecified atom stereocenters. The quantitative estimate of drug-likeness (QED) is 0.807. The lowest BCUT2D eigenvalue weighted by Gasteiger charge is -2.31. The Hall–Kier alpha value is -0.730. The average Bonchev–Trinajstić information content (AvgIpc) is 2.50. The molecule has 1 aliphatic rings. The summed E-state index contributed by atoms with van der Waals surface area (Å²) in [4.78, 5) is 2.02. The van der Waals surface area contributed by atoms with E-state index in [9.17, 15) is 17.9 Å². The largest absolute Gasteiger partial charge is 0.396 e. The predicted molar refractivity (Wildman–Crippen MR) is 87.6 cm³/mol. The minimum Gasteiger partial charge on any atom is -0.396 e. The first-order chi connectivity index (χ1) is 10.8. The lowest BCUT2D eigenvalue weighted by Crippen LogP contribution is -2.41. The van der Waals surface area contributed by atoms with E-state index in [2.05, 4.69) is 9.62 Å². The van der Waals surface area contributed by atoms with Crippen LogP contribution in [0.25, 0.3) is 0 Å². The Morgan fingerprint density at radius 2 is 2.22 bits per heavy atom. The van der Waals surface area contributed by atoms with Crippen LogP contribution in [0, 0.1) is 18.7 Å². The third-order valence-corrected chi connectivity index (χ3v) is 6.01. The van der Waals surface area contributed by atoms with E-state index in [0.717, 1.165) is 32.0 Å². The number of nitrogens with zero attached hydrogens (tertiary/aromatic N) is 1. The highest BCUT2D eigenvalue weighted by atomic mass is 35.5. The molecule has 0 spiro atoms. The van der Waals surface area contributed by atoms with Crippen molar-refractivity contribution >= 4 is 21.6 Å². The van der Waals surface area contributed by atoms with Crippen LogP contribution in [-0.4, -0.2) is 51.2 Å². The first kappa shape index (κ1) is 18.6. The Morgan fingerprint density at radius 3 is 2.91 bits per heavy atom. The molecule has 2 rings (SSSR count). The highest BCUT2D eigenvalue weighted by Gasteiger charge is 2.22. The normalized spacial score (nSPS) is 19.9. The maximum Gasteiger partial charge on any atom is 0.242 e. The molecule has 130 valence electrons. The van der Waals surface area contributed by atoms with Gasteiger partial charge in [-0.2, -0.15) is 0 Å². The number of rotatable bonds is 6. The zero-order chi connectivity index (χ0) is 17.0. The number of benzene rings is 1. The highest BCUT2D eigenvalue weighted by Crippen LogP contribution is 2.24. The van der Waals surface area contributed by atoms with Gasteiger partial charge < -0.3 is 10.0 Å². The van der Waals surface area contributed by atoms with Gasteiger partial charge in [-0.25, -0.2) is 17.5 Å². The van der Waals surface area contributed by atoms with Crippen LogP contribution in [0.5, 0.6) is 0 Å². The van der Waals surface area contributed by atoms with Crippen molar-refractivity contribution in [2.24, 2.45) is 5.92 Å². The van der Waals surface area contributed by atoms with Crippen LogP contribution in [0.4, 0.5) is 4.39 Å². The Kier molecular flexibility index (Phi) is 6.39. The standard InChI is InChI=1S/C15H22ClFN2O3S/c1-11-7-15(13(16)8-14(11)17)23(21,22)18-4-6-19-5-2-3-12(9-19)10-20/h7-8,12,18,20H,2-6,9-10H2,1H3. The predicted octanol–water partition coefficient (Wildman–Crippen LogP) is 1.77. The van der Waals surface area contributed by atoms with E-state index >= 15 is 0 Å². The summed E-state index contributed by atoms with van der Waals surface area (Å²) >= 11 is 5.85. The summed E-state index contributed by atoms with van der Waals surface area (Å²) in [7, 11) is -3.77. The van der Waals surface area contributed by atoms with E-state index in [1.165, 1.54) is 13.0 Å². The van der Waals surface area contributed by atoms with Gasteiger partial charge >= 0.3 is 0 Å². The topological polar surface area (TPSA) is 69.6 Å². The number of piperidine rings is 1. The molecule has 23 heavy (non-hydrogen) atoms. The van der Waals surface area contributed by atoms with Crippen LogP contribution >= 0.6 is 11.6 Å². The number of hydrogen-bond donors (Lipinski definition) is 2. The van der Waals surface area contributed by atoms with Crippen molar-refractivity contribution in [1.29, 1.82) is 0 Å². The van der Waals surface area contributed by atoms with Crippen LogP contribution in [-0.2, 0) is 10.0 Å². The van der Waals surface area contributed by atoms with Crippen LogP contribution in [0.3, 0.4) is 0 Å². The summed E-state index contributed by atoms with van der Waals surface area (Å²) in [6, 6.07) is 2.25. The van der Waals surface area contributed by atoms with Crippen molar-refractivity contribution in [1.82, 2.24) is 9.62 Å². The van der Waals surface area contributed by atoms with Crippen LogP contribution in [0.15, 0.2) is 17.0 Å². The Balaban J connectivity index is 1.95. The van der Waals surface area contributed by atoms with Gasteiger partial charge in [0.2, 0.25) is 10.0 Å². The molecule has 0 bridgehead atoms. The molecule has 0 radical (unpaired) electrons. The maximum atomic E-state index is 13.4. The summed E-state index contributed by atoms with van der Waals surface area (Å²) in [6.07, 6.45) is 2.00. The fraction of sp³-hybridized carbons (Fsp3) is 0.600. The van der Waals surface area contributed by atoms with Gasteiger partial charge in [0.25, 0.3) is 0 Å². The molecule has 0 amide bonds. The van der Waals surface area contributed by atoms with E-state index in [-0.39, 0.29) is 34.6 Å². The van der Waals surface area contributed by atoms with E-state index in [0.29, 0.717) is 6.54 Å². The molecular weight excluding hydrogens is 343 g/mol. The molecule has 1 saturated heterocycles. The number of likely N-dealkylation sites (tertiary alicyclic amines) is 1.